The topological polar surface area (TPSA) is 18.5 Å². The predicted molar refractivity (Wildman–Crippen MR) is 148 cm³/mol. The van der Waals surface area contributed by atoms with Crippen molar-refractivity contribution in [3.8, 4) is 22.6 Å². The van der Waals surface area contributed by atoms with Gasteiger partial charge in [-0.05, 0) is 36.1 Å². The first-order valence-electron chi connectivity index (χ1n) is 14.3. The van der Waals surface area contributed by atoms with E-state index in [0.29, 0.717) is 0 Å². The maximum absolute atomic E-state index is 6.25. The van der Waals surface area contributed by atoms with Gasteiger partial charge in [0.15, 0.2) is 11.5 Å². The lowest BCUT2D eigenvalue weighted by atomic mass is 10.1. The van der Waals surface area contributed by atoms with Crippen molar-refractivity contribution in [3.63, 3.8) is 0 Å². The minimum Gasteiger partial charge on any atom is -0.490 e. The monoisotopic (exact) mass is 466 g/mol. The smallest absolute Gasteiger partial charge is 0.161 e. The van der Waals surface area contributed by atoms with Gasteiger partial charge in [-0.2, -0.15) is 0 Å². The number of unbranched alkanes of at least 4 members (excludes halogenated alkanes) is 14. The molecule has 0 radical (unpaired) electrons. The van der Waals surface area contributed by atoms with Gasteiger partial charge in [-0.15, -0.1) is 0 Å². The highest BCUT2D eigenvalue weighted by Crippen LogP contribution is 2.33. The normalized spacial score (nSPS) is 11.0. The van der Waals surface area contributed by atoms with Crippen molar-refractivity contribution in [1.29, 1.82) is 0 Å². The van der Waals surface area contributed by atoms with Crippen LogP contribution in [0.15, 0.2) is 48.5 Å². The van der Waals surface area contributed by atoms with E-state index < -0.39 is 0 Å². The molecule has 0 aliphatic heterocycles. The Bertz CT molecular complexity index is 725. The van der Waals surface area contributed by atoms with Crippen molar-refractivity contribution in [1.82, 2.24) is 0 Å². The summed E-state index contributed by atoms with van der Waals surface area (Å²) in [6, 6.07) is 16.9. The van der Waals surface area contributed by atoms with Gasteiger partial charge < -0.3 is 9.47 Å². The van der Waals surface area contributed by atoms with Crippen molar-refractivity contribution in [3.05, 3.63) is 48.5 Å². The zero-order chi connectivity index (χ0) is 24.1. The summed E-state index contributed by atoms with van der Waals surface area (Å²) < 4.78 is 12.4. The Labute approximate surface area is 210 Å². The number of hydrogen-bond donors (Lipinski definition) is 0. The Hall–Kier alpha value is -1.96. The van der Waals surface area contributed by atoms with E-state index in [1.807, 2.05) is 0 Å². The lowest BCUT2D eigenvalue weighted by molar-refractivity contribution is 0.258. The summed E-state index contributed by atoms with van der Waals surface area (Å²) in [5, 5.41) is 0. The molecule has 190 valence electrons. The third kappa shape index (κ3) is 12.5. The highest BCUT2D eigenvalue weighted by molar-refractivity contribution is 5.67. The second-order valence-corrected chi connectivity index (χ2v) is 9.67. The first kappa shape index (κ1) is 28.3. The van der Waals surface area contributed by atoms with Gasteiger partial charge in [0.05, 0.1) is 13.2 Å². The van der Waals surface area contributed by atoms with Crippen molar-refractivity contribution < 1.29 is 9.47 Å². The fourth-order valence-corrected chi connectivity index (χ4v) is 4.39. The van der Waals surface area contributed by atoms with Crippen LogP contribution in [0, 0.1) is 0 Å². The SMILES string of the molecule is CCCCCCCCCCOc1ccc(-c2ccccc2)cc1OCCCCCCCCCC. The van der Waals surface area contributed by atoms with E-state index in [1.165, 1.54) is 101 Å². The van der Waals surface area contributed by atoms with E-state index >= 15 is 0 Å². The molecule has 2 aromatic rings. The van der Waals surface area contributed by atoms with Crippen molar-refractivity contribution in [2.24, 2.45) is 0 Å². The van der Waals surface area contributed by atoms with E-state index in [1.54, 1.807) is 0 Å². The molecule has 0 fully saturated rings. The van der Waals surface area contributed by atoms with Crippen LogP contribution in [-0.4, -0.2) is 13.2 Å². The summed E-state index contributed by atoms with van der Waals surface area (Å²) in [5.41, 5.74) is 2.40. The van der Waals surface area contributed by atoms with E-state index in [9.17, 15) is 0 Å². The Morgan fingerprint density at radius 2 is 0.912 bits per heavy atom. The molecule has 2 nitrogen and oxygen atoms in total. The Morgan fingerprint density at radius 1 is 0.441 bits per heavy atom. The summed E-state index contributed by atoms with van der Waals surface area (Å²) in [5.74, 6) is 1.78. The average molecular weight is 467 g/mol. The van der Waals surface area contributed by atoms with Gasteiger partial charge in [0.25, 0.3) is 0 Å². The lowest BCUT2D eigenvalue weighted by Crippen LogP contribution is -2.03. The van der Waals surface area contributed by atoms with Crippen LogP contribution in [0.1, 0.15) is 117 Å². The van der Waals surface area contributed by atoms with Gasteiger partial charge in [-0.1, -0.05) is 140 Å². The van der Waals surface area contributed by atoms with Crippen LogP contribution in [0.3, 0.4) is 0 Å². The molecular formula is C32H50O2. The Kier molecular flexibility index (Phi) is 16.1. The highest BCUT2D eigenvalue weighted by Gasteiger charge is 2.09. The van der Waals surface area contributed by atoms with Crippen LogP contribution in [0.25, 0.3) is 11.1 Å². The molecule has 2 aromatic carbocycles. The number of hydrogen-bond acceptors (Lipinski definition) is 2. The Balaban J connectivity index is 1.78. The van der Waals surface area contributed by atoms with Crippen molar-refractivity contribution >= 4 is 0 Å². The second kappa shape index (κ2) is 19.4. The maximum Gasteiger partial charge on any atom is 0.161 e. The predicted octanol–water partition coefficient (Wildman–Crippen LogP) is 10.4. The standard InChI is InChI=1S/C32H50O2/c1-3-5-7-9-11-13-15-20-26-33-31-25-24-30(29-22-18-17-19-23-29)28-32(31)34-27-21-16-14-12-10-8-6-4-2/h17-19,22-25,28H,3-16,20-21,26-27H2,1-2H3. The van der Waals surface area contributed by atoms with Gasteiger partial charge in [0.2, 0.25) is 0 Å². The van der Waals surface area contributed by atoms with Crippen LogP contribution in [0.4, 0.5) is 0 Å². The van der Waals surface area contributed by atoms with Crippen molar-refractivity contribution in [2.45, 2.75) is 117 Å². The van der Waals surface area contributed by atoms with Crippen LogP contribution in [0.5, 0.6) is 11.5 Å². The molecule has 0 aliphatic rings. The number of ether oxygens (including phenoxy) is 2. The molecular weight excluding hydrogens is 416 g/mol. The minimum absolute atomic E-state index is 0.765. The molecule has 0 bridgehead atoms. The van der Waals surface area contributed by atoms with Crippen LogP contribution < -0.4 is 9.47 Å². The first-order valence-corrected chi connectivity index (χ1v) is 14.3. The molecule has 0 saturated carbocycles. The molecule has 0 aromatic heterocycles. The minimum atomic E-state index is 0.765. The molecule has 0 atom stereocenters. The van der Waals surface area contributed by atoms with Gasteiger partial charge in [-0.25, -0.2) is 0 Å². The van der Waals surface area contributed by atoms with Crippen LogP contribution in [-0.2, 0) is 0 Å². The Morgan fingerprint density at radius 3 is 1.44 bits per heavy atom. The van der Waals surface area contributed by atoms with E-state index in [-0.39, 0.29) is 0 Å². The molecule has 0 amide bonds. The molecule has 0 heterocycles. The number of rotatable bonds is 21. The van der Waals surface area contributed by atoms with Gasteiger partial charge in [0, 0.05) is 0 Å². The summed E-state index contributed by atoms with van der Waals surface area (Å²) in [6.45, 7) is 6.09. The van der Waals surface area contributed by atoms with Gasteiger partial charge in [-0.3, -0.25) is 0 Å². The molecule has 34 heavy (non-hydrogen) atoms. The average Bonchev–Trinajstić information content (AvgIpc) is 2.87. The molecule has 0 aliphatic carbocycles. The van der Waals surface area contributed by atoms with E-state index in [0.717, 1.165) is 37.6 Å². The summed E-state index contributed by atoms with van der Waals surface area (Å²) >= 11 is 0. The molecule has 0 N–H and O–H groups in total. The molecule has 0 saturated heterocycles. The zero-order valence-electron chi connectivity index (χ0n) is 22.2. The first-order chi connectivity index (χ1) is 16.8. The highest BCUT2D eigenvalue weighted by atomic mass is 16.5. The molecule has 0 unspecified atom stereocenters. The summed E-state index contributed by atoms with van der Waals surface area (Å²) in [7, 11) is 0. The molecule has 2 rings (SSSR count). The number of benzene rings is 2. The second-order valence-electron chi connectivity index (χ2n) is 9.67. The zero-order valence-corrected chi connectivity index (χ0v) is 22.2. The summed E-state index contributed by atoms with van der Waals surface area (Å²) in [6.07, 6.45) is 21.0. The van der Waals surface area contributed by atoms with E-state index in [2.05, 4.69) is 62.4 Å². The summed E-state index contributed by atoms with van der Waals surface area (Å²) in [4.78, 5) is 0. The fourth-order valence-electron chi connectivity index (χ4n) is 4.39. The van der Waals surface area contributed by atoms with E-state index in [4.69, 9.17) is 9.47 Å². The quantitative estimate of drug-likeness (QED) is 0.170. The third-order valence-corrected chi connectivity index (χ3v) is 6.56. The van der Waals surface area contributed by atoms with Gasteiger partial charge >= 0.3 is 0 Å². The maximum atomic E-state index is 6.25. The van der Waals surface area contributed by atoms with Gasteiger partial charge in [0.1, 0.15) is 0 Å². The van der Waals surface area contributed by atoms with Crippen molar-refractivity contribution in [2.75, 3.05) is 13.2 Å². The molecule has 0 spiro atoms. The lowest BCUT2D eigenvalue weighted by Gasteiger charge is -2.15. The third-order valence-electron chi connectivity index (χ3n) is 6.56. The van der Waals surface area contributed by atoms with Crippen LogP contribution in [0.2, 0.25) is 0 Å². The fraction of sp³-hybridized carbons (Fsp3) is 0.625. The largest absolute Gasteiger partial charge is 0.490 e. The van der Waals surface area contributed by atoms with Crippen LogP contribution >= 0.6 is 0 Å². The molecule has 2 heteroatoms.